The van der Waals surface area contributed by atoms with E-state index in [0.29, 0.717) is 18.8 Å². The lowest BCUT2D eigenvalue weighted by atomic mass is 10.1. The van der Waals surface area contributed by atoms with Gasteiger partial charge in [-0.25, -0.2) is 4.79 Å². The van der Waals surface area contributed by atoms with Gasteiger partial charge < -0.3 is 18.9 Å². The number of benzene rings is 1. The minimum atomic E-state index is -0.407. The van der Waals surface area contributed by atoms with Crippen molar-refractivity contribution in [3.8, 4) is 5.75 Å². The molecule has 1 atom stereocenters. The van der Waals surface area contributed by atoms with Crippen LogP contribution < -0.4 is 4.74 Å². The first-order valence-corrected chi connectivity index (χ1v) is 8.42. The third-order valence-corrected chi connectivity index (χ3v) is 4.60. The van der Waals surface area contributed by atoms with Crippen LogP contribution in [0.1, 0.15) is 21.7 Å². The lowest BCUT2D eigenvalue weighted by Gasteiger charge is -2.25. The second-order valence-corrected chi connectivity index (χ2v) is 6.24. The monoisotopic (exact) mass is 354 g/mol. The number of esters is 1. The molecule has 0 fully saturated rings. The predicted octanol–water partition coefficient (Wildman–Crippen LogP) is 2.33. The first kappa shape index (κ1) is 17.8. The van der Waals surface area contributed by atoms with Gasteiger partial charge in [0.05, 0.1) is 20.2 Å². The highest BCUT2D eigenvalue weighted by Gasteiger charge is 2.26. The van der Waals surface area contributed by atoms with Crippen LogP contribution in [0.5, 0.6) is 5.75 Å². The van der Waals surface area contributed by atoms with Gasteiger partial charge in [0, 0.05) is 19.2 Å². The molecule has 0 saturated carbocycles. The first-order valence-electron chi connectivity index (χ1n) is 8.42. The molecule has 0 spiro atoms. The van der Waals surface area contributed by atoms with E-state index in [-0.39, 0.29) is 12.0 Å². The summed E-state index contributed by atoms with van der Waals surface area (Å²) in [5.41, 5.74) is 2.42. The number of methoxy groups -OCH3 is 1. The van der Waals surface area contributed by atoms with Crippen molar-refractivity contribution in [2.45, 2.75) is 19.1 Å². The molecule has 0 bridgehead atoms. The topological polar surface area (TPSA) is 60.8 Å². The largest absolute Gasteiger partial charge is 0.488 e. The Bertz CT molecular complexity index is 815. The van der Waals surface area contributed by atoms with Crippen LogP contribution in [0.15, 0.2) is 49.1 Å². The fourth-order valence-electron chi connectivity index (χ4n) is 3.18. The fourth-order valence-corrected chi connectivity index (χ4v) is 3.18. The van der Waals surface area contributed by atoms with Crippen LogP contribution >= 0.6 is 0 Å². The molecule has 1 aliphatic heterocycles. The zero-order chi connectivity index (χ0) is 18.7. The van der Waals surface area contributed by atoms with Crippen LogP contribution in [-0.4, -0.2) is 41.1 Å². The van der Waals surface area contributed by atoms with Gasteiger partial charge in [-0.2, -0.15) is 0 Å². The van der Waals surface area contributed by atoms with Crippen molar-refractivity contribution in [2.75, 3.05) is 13.7 Å². The lowest BCUT2D eigenvalue weighted by molar-refractivity contribution is -0.127. The van der Waals surface area contributed by atoms with Crippen molar-refractivity contribution in [1.82, 2.24) is 9.47 Å². The Morgan fingerprint density at radius 1 is 1.35 bits per heavy atom. The highest BCUT2D eigenvalue weighted by molar-refractivity contribution is 5.88. The van der Waals surface area contributed by atoms with E-state index in [1.807, 2.05) is 30.3 Å². The summed E-state index contributed by atoms with van der Waals surface area (Å²) in [6.07, 6.45) is 1.96. The van der Waals surface area contributed by atoms with E-state index in [1.165, 1.54) is 13.2 Å². The van der Waals surface area contributed by atoms with Gasteiger partial charge in [0.15, 0.2) is 0 Å². The molecule has 1 amide bonds. The molecule has 2 aromatic rings. The van der Waals surface area contributed by atoms with Crippen molar-refractivity contribution in [3.63, 3.8) is 0 Å². The molecule has 136 valence electrons. The third kappa shape index (κ3) is 3.49. The molecule has 1 aliphatic rings. The molecule has 0 radical (unpaired) electrons. The Kier molecular flexibility index (Phi) is 5.11. The Labute approximate surface area is 152 Å². The van der Waals surface area contributed by atoms with E-state index in [9.17, 15) is 9.59 Å². The first-order chi connectivity index (χ1) is 12.5. The molecule has 6 nitrogen and oxygen atoms in total. The minimum absolute atomic E-state index is 0.100. The number of amides is 1. The highest BCUT2D eigenvalue weighted by atomic mass is 16.5. The summed E-state index contributed by atoms with van der Waals surface area (Å²) in [7, 11) is 3.12. The molecule has 0 saturated heterocycles. The summed E-state index contributed by atoms with van der Waals surface area (Å²) in [4.78, 5) is 25.8. The number of aromatic nitrogens is 1. The van der Waals surface area contributed by atoms with Gasteiger partial charge in [-0.1, -0.05) is 24.8 Å². The number of ether oxygens (including phenoxy) is 2. The molecule has 2 heterocycles. The van der Waals surface area contributed by atoms with Gasteiger partial charge in [0.1, 0.15) is 17.5 Å². The van der Waals surface area contributed by atoms with Crippen LogP contribution in [0.3, 0.4) is 0 Å². The van der Waals surface area contributed by atoms with Crippen LogP contribution in [0.2, 0.25) is 0 Å². The number of carbonyl (C=O) groups excluding carboxylic acids is 2. The smallest absolute Gasteiger partial charge is 0.354 e. The summed E-state index contributed by atoms with van der Waals surface area (Å²) >= 11 is 0. The Balaban J connectivity index is 1.74. The van der Waals surface area contributed by atoms with Crippen LogP contribution in [-0.2, 0) is 29.5 Å². The molecule has 3 rings (SSSR count). The van der Waals surface area contributed by atoms with Gasteiger partial charge in [0.2, 0.25) is 5.91 Å². The standard InChI is InChI=1S/C20H22N2O4/c1-4-19(23)22(12-15-9-10-17(21(15)2)20(24)25-3)13-16-11-14-7-5-6-8-18(14)26-16/h4-10,16H,1,11-13H2,2-3H3. The van der Waals surface area contributed by atoms with E-state index in [2.05, 4.69) is 6.58 Å². The average Bonchev–Trinajstić information content (AvgIpc) is 3.23. The number of hydrogen-bond donors (Lipinski definition) is 0. The maximum atomic E-state index is 12.3. The van der Waals surface area contributed by atoms with E-state index < -0.39 is 5.97 Å². The summed E-state index contributed by atoms with van der Waals surface area (Å²) in [5, 5.41) is 0. The zero-order valence-corrected chi connectivity index (χ0v) is 15.0. The van der Waals surface area contributed by atoms with E-state index in [1.54, 1.807) is 22.6 Å². The molecule has 6 heteroatoms. The van der Waals surface area contributed by atoms with Crippen LogP contribution in [0.25, 0.3) is 0 Å². The fraction of sp³-hybridized carbons (Fsp3) is 0.300. The average molecular weight is 354 g/mol. The highest BCUT2D eigenvalue weighted by Crippen LogP contribution is 2.28. The maximum Gasteiger partial charge on any atom is 0.354 e. The predicted molar refractivity (Wildman–Crippen MR) is 96.9 cm³/mol. The van der Waals surface area contributed by atoms with Crippen molar-refractivity contribution in [2.24, 2.45) is 7.05 Å². The third-order valence-electron chi connectivity index (χ3n) is 4.60. The van der Waals surface area contributed by atoms with Gasteiger partial charge >= 0.3 is 5.97 Å². The summed E-state index contributed by atoms with van der Waals surface area (Å²) in [6.45, 7) is 4.39. The molecule has 0 N–H and O–H groups in total. The second kappa shape index (κ2) is 7.47. The molecular formula is C20H22N2O4. The molecular weight excluding hydrogens is 332 g/mol. The molecule has 26 heavy (non-hydrogen) atoms. The number of nitrogens with zero attached hydrogens (tertiary/aromatic N) is 2. The normalized spacial score (nSPS) is 15.1. The molecule has 1 aromatic carbocycles. The SMILES string of the molecule is C=CC(=O)N(Cc1ccc(C(=O)OC)n1C)CC1Cc2ccccc2O1. The Morgan fingerprint density at radius 3 is 2.81 bits per heavy atom. The Morgan fingerprint density at radius 2 is 2.12 bits per heavy atom. The van der Waals surface area contributed by atoms with E-state index in [4.69, 9.17) is 9.47 Å². The van der Waals surface area contributed by atoms with Crippen molar-refractivity contribution < 1.29 is 19.1 Å². The van der Waals surface area contributed by atoms with Gasteiger partial charge in [-0.3, -0.25) is 4.79 Å². The summed E-state index contributed by atoms with van der Waals surface area (Å²) in [6, 6.07) is 11.4. The van der Waals surface area contributed by atoms with E-state index in [0.717, 1.165) is 23.4 Å². The number of rotatable bonds is 6. The number of fused-ring (bicyclic) bond motifs is 1. The summed E-state index contributed by atoms with van der Waals surface area (Å²) in [5.74, 6) is 0.288. The molecule has 1 aromatic heterocycles. The maximum absolute atomic E-state index is 12.3. The summed E-state index contributed by atoms with van der Waals surface area (Å²) < 4.78 is 12.5. The van der Waals surface area contributed by atoms with Crippen LogP contribution in [0, 0.1) is 0 Å². The van der Waals surface area contributed by atoms with Gasteiger partial charge in [0.25, 0.3) is 0 Å². The van der Waals surface area contributed by atoms with Crippen LogP contribution in [0.4, 0.5) is 0 Å². The van der Waals surface area contributed by atoms with E-state index >= 15 is 0 Å². The number of para-hydroxylation sites is 1. The number of hydrogen-bond acceptors (Lipinski definition) is 4. The zero-order valence-electron chi connectivity index (χ0n) is 15.0. The van der Waals surface area contributed by atoms with Gasteiger partial charge in [-0.05, 0) is 29.8 Å². The number of carbonyl (C=O) groups is 2. The van der Waals surface area contributed by atoms with Gasteiger partial charge in [-0.15, -0.1) is 0 Å². The van der Waals surface area contributed by atoms with Crippen molar-refractivity contribution in [1.29, 1.82) is 0 Å². The lowest BCUT2D eigenvalue weighted by Crippen LogP contribution is -2.38. The minimum Gasteiger partial charge on any atom is -0.488 e. The molecule has 0 aliphatic carbocycles. The molecule has 1 unspecified atom stereocenters. The van der Waals surface area contributed by atoms with Crippen molar-refractivity contribution >= 4 is 11.9 Å². The second-order valence-electron chi connectivity index (χ2n) is 6.24. The Hall–Kier alpha value is -3.02. The van der Waals surface area contributed by atoms with Crippen molar-refractivity contribution in [3.05, 3.63) is 66.0 Å². The quantitative estimate of drug-likeness (QED) is 0.590.